The second kappa shape index (κ2) is 9.62. The Kier molecular flexibility index (Phi) is 7.12. The number of anilines is 1. The van der Waals surface area contributed by atoms with Crippen molar-refractivity contribution in [3.05, 3.63) is 59.7 Å². The molecule has 0 aromatic heterocycles. The van der Waals surface area contributed by atoms with Gasteiger partial charge in [-0.2, -0.15) is 4.31 Å². The zero-order chi connectivity index (χ0) is 22.6. The Hall–Kier alpha value is -2.71. The van der Waals surface area contributed by atoms with Crippen molar-refractivity contribution >= 4 is 27.5 Å². The van der Waals surface area contributed by atoms with Crippen molar-refractivity contribution in [1.29, 1.82) is 0 Å². The SMILES string of the molecule is Cc1ccc(NC(=O)[C@H](C)NC(=O)C2CCN(S(=O)(=O)c3ccc(C)cc3)CC2)cc1. The lowest BCUT2D eigenvalue weighted by Gasteiger charge is -2.31. The summed E-state index contributed by atoms with van der Waals surface area (Å²) in [6.07, 6.45) is 0.840. The third-order valence-electron chi connectivity index (χ3n) is 5.55. The van der Waals surface area contributed by atoms with E-state index in [2.05, 4.69) is 10.6 Å². The smallest absolute Gasteiger partial charge is 0.246 e. The highest BCUT2D eigenvalue weighted by atomic mass is 32.2. The Labute approximate surface area is 183 Å². The van der Waals surface area contributed by atoms with Crippen molar-refractivity contribution in [3.8, 4) is 0 Å². The van der Waals surface area contributed by atoms with Gasteiger partial charge in [-0.3, -0.25) is 9.59 Å². The molecule has 1 heterocycles. The first kappa shape index (κ1) is 23.0. The topological polar surface area (TPSA) is 95.6 Å². The van der Waals surface area contributed by atoms with E-state index in [1.807, 2.05) is 38.1 Å². The van der Waals surface area contributed by atoms with E-state index >= 15 is 0 Å². The fourth-order valence-electron chi connectivity index (χ4n) is 3.50. The maximum absolute atomic E-state index is 12.8. The summed E-state index contributed by atoms with van der Waals surface area (Å²) in [5.74, 6) is -0.838. The highest BCUT2D eigenvalue weighted by Crippen LogP contribution is 2.24. The largest absolute Gasteiger partial charge is 0.344 e. The molecule has 0 aliphatic carbocycles. The minimum absolute atomic E-state index is 0.223. The van der Waals surface area contributed by atoms with Gasteiger partial charge in [-0.1, -0.05) is 35.4 Å². The summed E-state index contributed by atoms with van der Waals surface area (Å²) >= 11 is 0. The van der Waals surface area contributed by atoms with Crippen molar-refractivity contribution in [3.63, 3.8) is 0 Å². The molecule has 1 saturated heterocycles. The molecule has 1 aliphatic rings. The Balaban J connectivity index is 1.52. The van der Waals surface area contributed by atoms with E-state index in [1.165, 1.54) is 4.31 Å². The van der Waals surface area contributed by atoms with Crippen LogP contribution >= 0.6 is 0 Å². The van der Waals surface area contributed by atoms with Crippen LogP contribution in [-0.4, -0.2) is 43.7 Å². The van der Waals surface area contributed by atoms with Gasteiger partial charge < -0.3 is 10.6 Å². The summed E-state index contributed by atoms with van der Waals surface area (Å²) in [5, 5.41) is 5.54. The molecule has 1 fully saturated rings. The normalized spacial score (nSPS) is 16.5. The predicted octanol–water partition coefficient (Wildman–Crippen LogP) is 2.85. The molecule has 0 saturated carbocycles. The van der Waals surface area contributed by atoms with E-state index in [-0.39, 0.29) is 35.7 Å². The summed E-state index contributed by atoms with van der Waals surface area (Å²) in [7, 11) is -3.56. The van der Waals surface area contributed by atoms with E-state index in [0.29, 0.717) is 18.5 Å². The Morgan fingerprint density at radius 3 is 2.00 bits per heavy atom. The second-order valence-corrected chi connectivity index (χ2v) is 10.0. The molecule has 2 amide bonds. The van der Waals surface area contributed by atoms with Crippen LogP contribution in [0.4, 0.5) is 5.69 Å². The number of hydrogen-bond acceptors (Lipinski definition) is 4. The minimum Gasteiger partial charge on any atom is -0.344 e. The number of nitrogens with one attached hydrogen (secondary N) is 2. The van der Waals surface area contributed by atoms with Crippen LogP contribution in [-0.2, 0) is 19.6 Å². The molecule has 0 bridgehead atoms. The lowest BCUT2D eigenvalue weighted by atomic mass is 9.97. The highest BCUT2D eigenvalue weighted by molar-refractivity contribution is 7.89. The zero-order valence-corrected chi connectivity index (χ0v) is 18.9. The monoisotopic (exact) mass is 443 g/mol. The van der Waals surface area contributed by atoms with Gasteiger partial charge in [0.25, 0.3) is 0 Å². The maximum Gasteiger partial charge on any atom is 0.246 e. The molecule has 0 spiro atoms. The fraction of sp³-hybridized carbons (Fsp3) is 0.391. The van der Waals surface area contributed by atoms with Crippen LogP contribution in [0.3, 0.4) is 0 Å². The minimum atomic E-state index is -3.56. The first-order valence-electron chi connectivity index (χ1n) is 10.4. The summed E-state index contributed by atoms with van der Waals surface area (Å²) in [4.78, 5) is 25.2. The van der Waals surface area contributed by atoms with E-state index < -0.39 is 16.1 Å². The second-order valence-electron chi connectivity index (χ2n) is 8.08. The Morgan fingerprint density at radius 2 is 1.45 bits per heavy atom. The number of aryl methyl sites for hydroxylation is 2. The van der Waals surface area contributed by atoms with Crippen LogP contribution in [0.15, 0.2) is 53.4 Å². The van der Waals surface area contributed by atoms with Gasteiger partial charge in [-0.05, 0) is 57.9 Å². The Morgan fingerprint density at radius 1 is 0.935 bits per heavy atom. The third kappa shape index (κ3) is 5.71. The quantitative estimate of drug-likeness (QED) is 0.718. The van der Waals surface area contributed by atoms with Gasteiger partial charge in [0, 0.05) is 24.7 Å². The zero-order valence-electron chi connectivity index (χ0n) is 18.1. The number of piperidine rings is 1. The molecule has 1 aliphatic heterocycles. The number of nitrogens with zero attached hydrogens (tertiary/aromatic N) is 1. The molecule has 0 radical (unpaired) electrons. The van der Waals surface area contributed by atoms with Crippen molar-refractivity contribution < 1.29 is 18.0 Å². The van der Waals surface area contributed by atoms with Crippen LogP contribution in [0.25, 0.3) is 0 Å². The average molecular weight is 444 g/mol. The van der Waals surface area contributed by atoms with Crippen molar-refractivity contribution in [2.75, 3.05) is 18.4 Å². The number of rotatable bonds is 6. The first-order chi connectivity index (χ1) is 14.7. The maximum atomic E-state index is 12.8. The lowest BCUT2D eigenvalue weighted by molar-refractivity contribution is -0.129. The Bertz CT molecular complexity index is 1030. The molecule has 3 rings (SSSR count). The van der Waals surface area contributed by atoms with Crippen molar-refractivity contribution in [1.82, 2.24) is 9.62 Å². The standard InChI is InChI=1S/C23H29N3O4S/c1-16-4-8-20(9-5-16)25-22(27)18(3)24-23(28)19-12-14-26(15-13-19)31(29,30)21-10-6-17(2)7-11-21/h4-11,18-19H,12-15H2,1-3H3,(H,24,28)(H,25,27)/t18-/m0/s1. The third-order valence-corrected chi connectivity index (χ3v) is 7.47. The number of hydrogen-bond donors (Lipinski definition) is 2. The molecule has 2 N–H and O–H groups in total. The number of amides is 2. The summed E-state index contributed by atoms with van der Waals surface area (Å²) in [6.45, 7) is 6.06. The van der Waals surface area contributed by atoms with Gasteiger partial charge in [0.2, 0.25) is 21.8 Å². The van der Waals surface area contributed by atoms with Gasteiger partial charge in [0.1, 0.15) is 6.04 Å². The van der Waals surface area contributed by atoms with Crippen LogP contribution in [0.2, 0.25) is 0 Å². The van der Waals surface area contributed by atoms with Crippen LogP contribution in [0, 0.1) is 19.8 Å². The molecule has 2 aromatic rings. The van der Waals surface area contributed by atoms with E-state index in [1.54, 1.807) is 31.2 Å². The van der Waals surface area contributed by atoms with Gasteiger partial charge in [-0.25, -0.2) is 8.42 Å². The fourth-order valence-corrected chi connectivity index (χ4v) is 4.97. The van der Waals surface area contributed by atoms with Crippen molar-refractivity contribution in [2.24, 2.45) is 5.92 Å². The lowest BCUT2D eigenvalue weighted by Crippen LogP contribution is -2.47. The summed E-state index contributed by atoms with van der Waals surface area (Å²) < 4.78 is 27.0. The molecule has 8 heteroatoms. The predicted molar refractivity (Wildman–Crippen MR) is 120 cm³/mol. The molecular weight excluding hydrogens is 414 g/mol. The molecule has 0 unspecified atom stereocenters. The molecule has 7 nitrogen and oxygen atoms in total. The molecule has 166 valence electrons. The number of benzene rings is 2. The number of sulfonamides is 1. The number of carbonyl (C=O) groups excluding carboxylic acids is 2. The van der Waals surface area contributed by atoms with E-state index in [9.17, 15) is 18.0 Å². The van der Waals surface area contributed by atoms with E-state index in [4.69, 9.17) is 0 Å². The van der Waals surface area contributed by atoms with Gasteiger partial charge in [0.05, 0.1) is 4.90 Å². The van der Waals surface area contributed by atoms with Crippen LogP contribution < -0.4 is 10.6 Å². The van der Waals surface area contributed by atoms with Gasteiger partial charge in [0.15, 0.2) is 0 Å². The van der Waals surface area contributed by atoms with Crippen LogP contribution in [0.5, 0.6) is 0 Å². The molecule has 1 atom stereocenters. The molecule has 2 aromatic carbocycles. The highest BCUT2D eigenvalue weighted by Gasteiger charge is 2.32. The molecular formula is C23H29N3O4S. The first-order valence-corrected chi connectivity index (χ1v) is 11.9. The van der Waals surface area contributed by atoms with Crippen LogP contribution in [0.1, 0.15) is 30.9 Å². The van der Waals surface area contributed by atoms with Crippen molar-refractivity contribution in [2.45, 2.75) is 44.6 Å². The summed E-state index contributed by atoms with van der Waals surface area (Å²) in [6, 6.07) is 13.5. The average Bonchev–Trinajstić information content (AvgIpc) is 2.75. The molecule has 31 heavy (non-hydrogen) atoms. The van der Waals surface area contributed by atoms with Gasteiger partial charge in [-0.15, -0.1) is 0 Å². The summed E-state index contributed by atoms with van der Waals surface area (Å²) in [5.41, 5.74) is 2.76. The number of carbonyl (C=O) groups is 2. The van der Waals surface area contributed by atoms with E-state index in [0.717, 1.165) is 11.1 Å². The van der Waals surface area contributed by atoms with Gasteiger partial charge >= 0.3 is 0 Å².